The second-order valence-electron chi connectivity index (χ2n) is 5.06. The van der Waals surface area contributed by atoms with Crippen LogP contribution < -0.4 is 5.73 Å². The Morgan fingerprint density at radius 1 is 1.41 bits per heavy atom. The van der Waals surface area contributed by atoms with Gasteiger partial charge >= 0.3 is 0 Å². The van der Waals surface area contributed by atoms with Gasteiger partial charge < -0.3 is 10.1 Å². The summed E-state index contributed by atoms with van der Waals surface area (Å²) in [5.74, 6) is 0. The van der Waals surface area contributed by atoms with E-state index in [1.807, 2.05) is 24.4 Å². The van der Waals surface area contributed by atoms with Crippen molar-refractivity contribution in [1.29, 1.82) is 0 Å². The van der Waals surface area contributed by atoms with Crippen LogP contribution in [0.15, 0.2) is 30.6 Å². The molecule has 3 heterocycles. The fourth-order valence-electron chi connectivity index (χ4n) is 2.47. The molecule has 4 heteroatoms. The summed E-state index contributed by atoms with van der Waals surface area (Å²) in [6, 6.07) is 6.06. The Bertz CT molecular complexity index is 492. The van der Waals surface area contributed by atoms with E-state index in [9.17, 15) is 0 Å². The van der Waals surface area contributed by atoms with Crippen molar-refractivity contribution in [3.8, 4) is 0 Å². The van der Waals surface area contributed by atoms with Crippen LogP contribution in [0.25, 0.3) is 5.65 Å². The smallest absolute Gasteiger partial charge is 0.137 e. The van der Waals surface area contributed by atoms with Crippen molar-refractivity contribution < 1.29 is 0 Å². The minimum atomic E-state index is 0.0408. The summed E-state index contributed by atoms with van der Waals surface area (Å²) in [7, 11) is 0. The van der Waals surface area contributed by atoms with Gasteiger partial charge in [-0.2, -0.15) is 0 Å². The highest BCUT2D eigenvalue weighted by Crippen LogP contribution is 2.23. The third kappa shape index (κ3) is 1.94. The van der Waals surface area contributed by atoms with Gasteiger partial charge in [0.25, 0.3) is 0 Å². The molecule has 3 rings (SSSR count). The first-order chi connectivity index (χ1) is 8.18. The minimum absolute atomic E-state index is 0.0408. The molecule has 0 saturated carbocycles. The van der Waals surface area contributed by atoms with Crippen LogP contribution in [0.1, 0.15) is 19.0 Å². The Hall–Kier alpha value is -1.39. The van der Waals surface area contributed by atoms with Crippen molar-refractivity contribution in [2.45, 2.75) is 25.4 Å². The van der Waals surface area contributed by atoms with Crippen LogP contribution in [0.5, 0.6) is 0 Å². The van der Waals surface area contributed by atoms with Crippen LogP contribution in [-0.4, -0.2) is 32.9 Å². The maximum absolute atomic E-state index is 6.15. The number of imidazole rings is 1. The number of hydrogen-bond acceptors (Lipinski definition) is 3. The number of fused-ring (bicyclic) bond motifs is 1. The normalized spacial score (nSPS) is 19.4. The monoisotopic (exact) mass is 230 g/mol. The number of rotatable bonds is 3. The van der Waals surface area contributed by atoms with Crippen molar-refractivity contribution >= 4 is 5.65 Å². The molecule has 4 nitrogen and oxygen atoms in total. The van der Waals surface area contributed by atoms with Gasteiger partial charge in [0.05, 0.1) is 5.69 Å². The van der Waals surface area contributed by atoms with Crippen molar-refractivity contribution in [2.75, 3.05) is 13.1 Å². The average Bonchev–Trinajstić information content (AvgIpc) is 2.69. The van der Waals surface area contributed by atoms with Crippen LogP contribution in [0.3, 0.4) is 0 Å². The van der Waals surface area contributed by atoms with Gasteiger partial charge in [0.2, 0.25) is 0 Å². The molecule has 2 aromatic heterocycles. The lowest BCUT2D eigenvalue weighted by Gasteiger charge is -2.47. The van der Waals surface area contributed by atoms with E-state index in [2.05, 4.69) is 27.4 Å². The van der Waals surface area contributed by atoms with Crippen molar-refractivity contribution in [3.05, 3.63) is 36.3 Å². The lowest BCUT2D eigenvalue weighted by atomic mass is 9.88. The third-order valence-corrected chi connectivity index (χ3v) is 3.58. The quantitative estimate of drug-likeness (QED) is 0.863. The maximum atomic E-state index is 6.15. The van der Waals surface area contributed by atoms with E-state index >= 15 is 0 Å². The Kier molecular flexibility index (Phi) is 2.42. The Morgan fingerprint density at radius 2 is 2.24 bits per heavy atom. The van der Waals surface area contributed by atoms with Gasteiger partial charge in [0, 0.05) is 37.6 Å². The molecule has 90 valence electrons. The van der Waals surface area contributed by atoms with Gasteiger partial charge in [0.15, 0.2) is 0 Å². The molecule has 17 heavy (non-hydrogen) atoms. The Balaban J connectivity index is 1.70. The second kappa shape index (κ2) is 3.82. The standard InChI is InChI=1S/C13H18N4/c1-2-13(14)9-16(10-13)7-11-8-17-6-4-3-5-12(17)15-11/h3-6,8H,2,7,9-10,14H2,1H3. The number of likely N-dealkylation sites (tertiary alicyclic amines) is 1. The molecule has 0 bridgehead atoms. The zero-order chi connectivity index (χ0) is 11.9. The van der Waals surface area contributed by atoms with Crippen molar-refractivity contribution in [2.24, 2.45) is 5.73 Å². The molecule has 2 N–H and O–H groups in total. The summed E-state index contributed by atoms with van der Waals surface area (Å²) in [5.41, 5.74) is 8.33. The molecule has 0 atom stereocenters. The molecule has 1 aliphatic heterocycles. The molecule has 1 saturated heterocycles. The van der Waals surface area contributed by atoms with Gasteiger partial charge in [0.1, 0.15) is 5.65 Å². The van der Waals surface area contributed by atoms with Crippen LogP contribution in [0, 0.1) is 0 Å². The summed E-state index contributed by atoms with van der Waals surface area (Å²) >= 11 is 0. The fraction of sp³-hybridized carbons (Fsp3) is 0.462. The second-order valence-corrected chi connectivity index (χ2v) is 5.06. The number of pyridine rings is 1. The lowest BCUT2D eigenvalue weighted by molar-refractivity contribution is 0.0597. The Morgan fingerprint density at radius 3 is 2.94 bits per heavy atom. The molecule has 2 aromatic rings. The van der Waals surface area contributed by atoms with Gasteiger partial charge in [-0.1, -0.05) is 13.0 Å². The first kappa shape index (κ1) is 10.7. The predicted octanol–water partition coefficient (Wildman–Crippen LogP) is 1.26. The molecular weight excluding hydrogens is 212 g/mol. The molecule has 0 spiro atoms. The van der Waals surface area contributed by atoms with Crippen LogP contribution in [-0.2, 0) is 6.54 Å². The minimum Gasteiger partial charge on any atom is -0.323 e. The number of aromatic nitrogens is 2. The number of hydrogen-bond donors (Lipinski definition) is 1. The van der Waals surface area contributed by atoms with E-state index in [1.165, 1.54) is 0 Å². The first-order valence-electron chi connectivity index (χ1n) is 6.12. The molecular formula is C13H18N4. The summed E-state index contributed by atoms with van der Waals surface area (Å²) < 4.78 is 2.06. The largest absolute Gasteiger partial charge is 0.323 e. The van der Waals surface area contributed by atoms with Crippen LogP contribution in [0.2, 0.25) is 0 Å². The molecule has 0 aromatic carbocycles. The zero-order valence-electron chi connectivity index (χ0n) is 10.1. The van der Waals surface area contributed by atoms with Crippen LogP contribution >= 0.6 is 0 Å². The topological polar surface area (TPSA) is 46.6 Å². The Labute approximate surface area is 101 Å². The van der Waals surface area contributed by atoms with E-state index in [0.29, 0.717) is 0 Å². The summed E-state index contributed by atoms with van der Waals surface area (Å²) in [6.07, 6.45) is 5.17. The molecule has 1 aliphatic rings. The highest BCUT2D eigenvalue weighted by molar-refractivity contribution is 5.39. The first-order valence-corrected chi connectivity index (χ1v) is 6.12. The van der Waals surface area contributed by atoms with E-state index in [-0.39, 0.29) is 5.54 Å². The fourth-order valence-corrected chi connectivity index (χ4v) is 2.47. The third-order valence-electron chi connectivity index (χ3n) is 3.58. The summed E-state index contributed by atoms with van der Waals surface area (Å²) in [4.78, 5) is 6.94. The SMILES string of the molecule is CCC1(N)CN(Cc2cn3ccccc3n2)C1. The van der Waals surface area contributed by atoms with Crippen LogP contribution in [0.4, 0.5) is 0 Å². The van der Waals surface area contributed by atoms with E-state index in [4.69, 9.17) is 5.73 Å². The zero-order valence-corrected chi connectivity index (χ0v) is 10.1. The molecule has 0 radical (unpaired) electrons. The summed E-state index contributed by atoms with van der Waals surface area (Å²) in [5, 5.41) is 0. The van der Waals surface area contributed by atoms with Gasteiger partial charge in [-0.3, -0.25) is 4.90 Å². The molecule has 0 unspecified atom stereocenters. The number of nitrogens with zero attached hydrogens (tertiary/aromatic N) is 3. The van der Waals surface area contributed by atoms with Crippen molar-refractivity contribution in [3.63, 3.8) is 0 Å². The predicted molar refractivity (Wildman–Crippen MR) is 67.7 cm³/mol. The molecule has 0 aliphatic carbocycles. The van der Waals surface area contributed by atoms with Gasteiger partial charge in [-0.05, 0) is 18.6 Å². The van der Waals surface area contributed by atoms with Gasteiger partial charge in [-0.15, -0.1) is 0 Å². The van der Waals surface area contributed by atoms with Crippen molar-refractivity contribution in [1.82, 2.24) is 14.3 Å². The van der Waals surface area contributed by atoms with E-state index in [1.54, 1.807) is 0 Å². The van der Waals surface area contributed by atoms with Gasteiger partial charge in [-0.25, -0.2) is 4.98 Å². The molecule has 1 fully saturated rings. The average molecular weight is 230 g/mol. The lowest BCUT2D eigenvalue weighted by Crippen LogP contribution is -2.66. The highest BCUT2D eigenvalue weighted by atomic mass is 15.3. The molecule has 0 amide bonds. The highest BCUT2D eigenvalue weighted by Gasteiger charge is 2.37. The van der Waals surface area contributed by atoms with E-state index in [0.717, 1.165) is 37.4 Å². The summed E-state index contributed by atoms with van der Waals surface area (Å²) in [6.45, 7) is 5.03. The van der Waals surface area contributed by atoms with E-state index < -0.39 is 0 Å². The number of nitrogens with two attached hydrogens (primary N) is 1. The maximum Gasteiger partial charge on any atom is 0.137 e.